The molecule has 0 spiro atoms. The van der Waals surface area contributed by atoms with Gasteiger partial charge in [-0.1, -0.05) is 0 Å². The minimum atomic E-state index is 0.691. The van der Waals surface area contributed by atoms with Crippen LogP contribution in [-0.4, -0.2) is 44.6 Å². The van der Waals surface area contributed by atoms with E-state index >= 15 is 0 Å². The summed E-state index contributed by atoms with van der Waals surface area (Å²) in [5.41, 5.74) is 0.946. The van der Waals surface area contributed by atoms with Crippen LogP contribution in [0.3, 0.4) is 0 Å². The van der Waals surface area contributed by atoms with Crippen molar-refractivity contribution in [1.29, 1.82) is 0 Å². The predicted molar refractivity (Wildman–Crippen MR) is 59.9 cm³/mol. The molecule has 84 valence electrons. The third-order valence-electron chi connectivity index (χ3n) is 2.09. The number of hydrogen-bond donors (Lipinski definition) is 1. The molecule has 0 aliphatic heterocycles. The zero-order chi connectivity index (χ0) is 11.1. The fraction of sp³-hybridized carbons (Fsp3) is 0.600. The summed E-state index contributed by atoms with van der Waals surface area (Å²) in [5, 5.41) is 11.3. The van der Waals surface area contributed by atoms with Crippen molar-refractivity contribution >= 4 is 5.82 Å². The third kappa shape index (κ3) is 3.81. The molecule has 1 aromatic heterocycles. The molecule has 0 atom stereocenters. The van der Waals surface area contributed by atoms with E-state index in [4.69, 9.17) is 4.74 Å². The summed E-state index contributed by atoms with van der Waals surface area (Å²) in [5.74, 6) is 0.868. The maximum atomic E-state index is 5.00. The van der Waals surface area contributed by atoms with Gasteiger partial charge in [0, 0.05) is 27.2 Å². The average Bonchev–Trinajstić information content (AvgIpc) is 2.27. The van der Waals surface area contributed by atoms with Gasteiger partial charge in [0.1, 0.15) is 0 Å². The van der Waals surface area contributed by atoms with Crippen LogP contribution in [-0.2, 0) is 11.3 Å². The molecule has 1 aromatic rings. The first kappa shape index (κ1) is 11.9. The largest absolute Gasteiger partial charge is 0.383 e. The van der Waals surface area contributed by atoms with Gasteiger partial charge in [-0.05, 0) is 19.2 Å². The van der Waals surface area contributed by atoms with E-state index in [1.54, 1.807) is 7.11 Å². The maximum Gasteiger partial charge on any atom is 0.151 e. The second-order valence-corrected chi connectivity index (χ2v) is 3.33. The van der Waals surface area contributed by atoms with Crippen molar-refractivity contribution in [1.82, 2.24) is 15.5 Å². The number of aromatic nitrogens is 2. The van der Waals surface area contributed by atoms with E-state index in [2.05, 4.69) is 15.5 Å². The van der Waals surface area contributed by atoms with Crippen LogP contribution in [0.15, 0.2) is 12.1 Å². The minimum Gasteiger partial charge on any atom is -0.383 e. The van der Waals surface area contributed by atoms with Crippen molar-refractivity contribution in [2.45, 2.75) is 6.54 Å². The molecule has 0 aliphatic carbocycles. The highest BCUT2D eigenvalue weighted by Crippen LogP contribution is 2.06. The second-order valence-electron chi connectivity index (χ2n) is 3.33. The summed E-state index contributed by atoms with van der Waals surface area (Å²) >= 11 is 0. The topological polar surface area (TPSA) is 50.3 Å². The molecule has 0 unspecified atom stereocenters. The molecule has 5 nitrogen and oxygen atoms in total. The zero-order valence-electron chi connectivity index (χ0n) is 9.53. The average molecular weight is 210 g/mol. The Morgan fingerprint density at radius 3 is 2.73 bits per heavy atom. The Morgan fingerprint density at radius 1 is 1.40 bits per heavy atom. The zero-order valence-corrected chi connectivity index (χ0v) is 9.53. The van der Waals surface area contributed by atoms with E-state index in [0.717, 1.165) is 24.6 Å². The van der Waals surface area contributed by atoms with Crippen LogP contribution in [0, 0.1) is 0 Å². The quantitative estimate of drug-likeness (QED) is 0.731. The van der Waals surface area contributed by atoms with Crippen LogP contribution in [0.1, 0.15) is 5.69 Å². The van der Waals surface area contributed by atoms with Crippen LogP contribution in [0.2, 0.25) is 0 Å². The van der Waals surface area contributed by atoms with E-state index < -0.39 is 0 Å². The number of nitrogens with one attached hydrogen (secondary N) is 1. The normalized spacial score (nSPS) is 10.3. The van der Waals surface area contributed by atoms with Crippen molar-refractivity contribution in [3.05, 3.63) is 17.8 Å². The van der Waals surface area contributed by atoms with Gasteiger partial charge in [0.15, 0.2) is 5.82 Å². The summed E-state index contributed by atoms with van der Waals surface area (Å²) in [6.45, 7) is 2.25. The first-order chi connectivity index (χ1) is 7.27. The van der Waals surface area contributed by atoms with Gasteiger partial charge in [-0.3, -0.25) is 0 Å². The van der Waals surface area contributed by atoms with Gasteiger partial charge in [-0.25, -0.2) is 0 Å². The van der Waals surface area contributed by atoms with E-state index in [-0.39, 0.29) is 0 Å². The van der Waals surface area contributed by atoms with Gasteiger partial charge in [0.05, 0.1) is 12.3 Å². The molecule has 1 heterocycles. The lowest BCUT2D eigenvalue weighted by molar-refractivity contribution is 0.206. The number of nitrogens with zero attached hydrogens (tertiary/aromatic N) is 3. The van der Waals surface area contributed by atoms with Crippen molar-refractivity contribution < 1.29 is 4.74 Å². The molecule has 15 heavy (non-hydrogen) atoms. The lowest BCUT2D eigenvalue weighted by atomic mass is 10.3. The first-order valence-electron chi connectivity index (χ1n) is 4.95. The molecule has 0 fully saturated rings. The molecule has 1 N–H and O–H groups in total. The van der Waals surface area contributed by atoms with E-state index in [1.165, 1.54) is 0 Å². The fourth-order valence-corrected chi connectivity index (χ4v) is 1.17. The molecule has 0 bridgehead atoms. The van der Waals surface area contributed by atoms with E-state index in [9.17, 15) is 0 Å². The minimum absolute atomic E-state index is 0.691. The van der Waals surface area contributed by atoms with Gasteiger partial charge in [0.2, 0.25) is 0 Å². The molecule has 1 rings (SSSR count). The second kappa shape index (κ2) is 6.31. The van der Waals surface area contributed by atoms with E-state index in [1.807, 2.05) is 31.1 Å². The van der Waals surface area contributed by atoms with E-state index in [0.29, 0.717) is 6.61 Å². The Labute approximate surface area is 90.5 Å². The number of hydrogen-bond acceptors (Lipinski definition) is 5. The number of anilines is 1. The van der Waals surface area contributed by atoms with Crippen molar-refractivity contribution in [2.75, 3.05) is 39.3 Å². The molecule has 0 saturated heterocycles. The smallest absolute Gasteiger partial charge is 0.151 e. The molecule has 0 aromatic carbocycles. The predicted octanol–water partition coefficient (Wildman–Crippen LogP) is 0.279. The van der Waals surface area contributed by atoms with Gasteiger partial charge in [-0.15, -0.1) is 5.10 Å². The Bertz CT molecular complexity index is 275. The Hall–Kier alpha value is -1.20. The SMILES string of the molecule is CNCc1ccc(N(C)CCOC)nn1. The van der Waals surface area contributed by atoms with Crippen molar-refractivity contribution in [3.8, 4) is 0 Å². The molecular formula is C10H18N4O. The van der Waals surface area contributed by atoms with Gasteiger partial charge >= 0.3 is 0 Å². The van der Waals surface area contributed by atoms with Gasteiger partial charge < -0.3 is 15.0 Å². The summed E-state index contributed by atoms with van der Waals surface area (Å²) < 4.78 is 5.00. The summed E-state index contributed by atoms with van der Waals surface area (Å²) in [6, 6.07) is 3.94. The van der Waals surface area contributed by atoms with Crippen LogP contribution in [0.25, 0.3) is 0 Å². The van der Waals surface area contributed by atoms with Crippen LogP contribution in [0.4, 0.5) is 5.82 Å². The van der Waals surface area contributed by atoms with Crippen LogP contribution in [0.5, 0.6) is 0 Å². The van der Waals surface area contributed by atoms with Crippen molar-refractivity contribution in [2.24, 2.45) is 0 Å². The van der Waals surface area contributed by atoms with Gasteiger partial charge in [0.25, 0.3) is 0 Å². The molecular weight excluding hydrogens is 192 g/mol. The number of ether oxygens (including phenoxy) is 1. The van der Waals surface area contributed by atoms with Crippen LogP contribution >= 0.6 is 0 Å². The Balaban J connectivity index is 2.54. The van der Waals surface area contributed by atoms with Crippen molar-refractivity contribution in [3.63, 3.8) is 0 Å². The molecule has 0 amide bonds. The number of methoxy groups -OCH3 is 1. The lowest BCUT2D eigenvalue weighted by Crippen LogP contribution is -2.23. The Morgan fingerprint density at radius 2 is 2.20 bits per heavy atom. The highest BCUT2D eigenvalue weighted by Gasteiger charge is 2.02. The molecule has 0 radical (unpaired) electrons. The monoisotopic (exact) mass is 210 g/mol. The number of rotatable bonds is 6. The molecule has 5 heteroatoms. The highest BCUT2D eigenvalue weighted by molar-refractivity contribution is 5.35. The summed E-state index contributed by atoms with van der Waals surface area (Å²) in [7, 11) is 5.55. The maximum absolute atomic E-state index is 5.00. The fourth-order valence-electron chi connectivity index (χ4n) is 1.17. The van der Waals surface area contributed by atoms with Gasteiger partial charge in [-0.2, -0.15) is 5.10 Å². The van der Waals surface area contributed by atoms with Crippen LogP contribution < -0.4 is 10.2 Å². The molecule has 0 aliphatic rings. The summed E-state index contributed by atoms with van der Waals surface area (Å²) in [6.07, 6.45) is 0. The third-order valence-corrected chi connectivity index (χ3v) is 2.09. The molecule has 0 saturated carbocycles. The highest BCUT2D eigenvalue weighted by atomic mass is 16.5. The lowest BCUT2D eigenvalue weighted by Gasteiger charge is -2.16. The Kier molecular flexibility index (Phi) is 5.00. The summed E-state index contributed by atoms with van der Waals surface area (Å²) in [4.78, 5) is 2.01. The number of likely N-dealkylation sites (N-methyl/N-ethyl adjacent to an activating group) is 1. The standard InChI is InChI=1S/C10H18N4O/c1-11-8-9-4-5-10(13-12-9)14(2)6-7-15-3/h4-5,11H,6-8H2,1-3H3. The first-order valence-corrected chi connectivity index (χ1v) is 4.95.